The number of amides is 1. The molecule has 4 aromatic rings. The minimum Gasteiger partial charge on any atom is -0.301 e. The third kappa shape index (κ3) is 4.47. The maximum absolute atomic E-state index is 13.1. The SMILES string of the molecule is O=C(Nc1nc(-c2ccccn2)cs1)C(Sc1ccccc1)c1ccccc1. The molecule has 2 aromatic carbocycles. The first-order valence-corrected chi connectivity index (χ1v) is 10.5. The summed E-state index contributed by atoms with van der Waals surface area (Å²) in [6.07, 6.45) is 1.73. The molecule has 1 N–H and O–H groups in total. The van der Waals surface area contributed by atoms with Crippen molar-refractivity contribution >= 4 is 34.1 Å². The van der Waals surface area contributed by atoms with Crippen molar-refractivity contribution in [2.75, 3.05) is 5.32 Å². The number of pyridine rings is 1. The lowest BCUT2D eigenvalue weighted by atomic mass is 10.1. The highest BCUT2D eigenvalue weighted by atomic mass is 32.2. The fourth-order valence-corrected chi connectivity index (χ4v) is 4.42. The van der Waals surface area contributed by atoms with Crippen LogP contribution in [0.1, 0.15) is 10.8 Å². The first-order chi connectivity index (χ1) is 13.8. The predicted octanol–water partition coefficient (Wildman–Crippen LogP) is 5.68. The monoisotopic (exact) mass is 403 g/mol. The maximum atomic E-state index is 13.1. The fraction of sp³-hybridized carbons (Fsp3) is 0.0455. The van der Waals surface area contributed by atoms with Gasteiger partial charge in [0.2, 0.25) is 5.91 Å². The average molecular weight is 404 g/mol. The molecule has 2 heterocycles. The molecule has 1 amide bonds. The number of rotatable bonds is 6. The third-order valence-electron chi connectivity index (χ3n) is 4.00. The largest absolute Gasteiger partial charge is 0.301 e. The Hall–Kier alpha value is -2.96. The second-order valence-electron chi connectivity index (χ2n) is 5.96. The Balaban J connectivity index is 1.55. The quantitative estimate of drug-likeness (QED) is 0.421. The van der Waals surface area contributed by atoms with Crippen molar-refractivity contribution < 1.29 is 4.79 Å². The summed E-state index contributed by atoms with van der Waals surface area (Å²) < 4.78 is 0. The van der Waals surface area contributed by atoms with Crippen molar-refractivity contribution in [1.29, 1.82) is 0 Å². The van der Waals surface area contributed by atoms with Crippen LogP contribution in [-0.2, 0) is 4.79 Å². The number of hydrogen-bond acceptors (Lipinski definition) is 5. The molecule has 4 nitrogen and oxygen atoms in total. The Bertz CT molecular complexity index is 1040. The van der Waals surface area contributed by atoms with E-state index in [-0.39, 0.29) is 11.2 Å². The third-order valence-corrected chi connectivity index (χ3v) is 6.02. The number of thiazole rings is 1. The molecule has 1 atom stereocenters. The van der Waals surface area contributed by atoms with Gasteiger partial charge in [-0.3, -0.25) is 9.78 Å². The molecule has 0 fully saturated rings. The van der Waals surface area contributed by atoms with Gasteiger partial charge in [-0.15, -0.1) is 23.1 Å². The molecular formula is C22H17N3OS2. The molecule has 0 bridgehead atoms. The number of nitrogens with zero attached hydrogens (tertiary/aromatic N) is 2. The summed E-state index contributed by atoms with van der Waals surface area (Å²) in [4.78, 5) is 22.9. The second kappa shape index (κ2) is 8.82. The Labute approximate surface area is 171 Å². The molecule has 138 valence electrons. The number of anilines is 1. The van der Waals surface area contributed by atoms with Gasteiger partial charge in [-0.25, -0.2) is 4.98 Å². The number of nitrogens with one attached hydrogen (secondary N) is 1. The average Bonchev–Trinajstić information content (AvgIpc) is 3.22. The van der Waals surface area contributed by atoms with Crippen LogP contribution in [0, 0.1) is 0 Å². The van der Waals surface area contributed by atoms with Crippen LogP contribution in [0.5, 0.6) is 0 Å². The smallest absolute Gasteiger partial charge is 0.244 e. The van der Waals surface area contributed by atoms with E-state index in [1.165, 1.54) is 23.1 Å². The summed E-state index contributed by atoms with van der Waals surface area (Å²) >= 11 is 2.92. The van der Waals surface area contributed by atoms with E-state index in [4.69, 9.17) is 0 Å². The van der Waals surface area contributed by atoms with E-state index in [9.17, 15) is 4.79 Å². The van der Waals surface area contributed by atoms with E-state index in [2.05, 4.69) is 15.3 Å². The predicted molar refractivity (Wildman–Crippen MR) is 115 cm³/mol. The molecule has 0 saturated heterocycles. The van der Waals surface area contributed by atoms with Crippen LogP contribution in [-0.4, -0.2) is 15.9 Å². The molecule has 6 heteroatoms. The van der Waals surface area contributed by atoms with Crippen LogP contribution < -0.4 is 5.32 Å². The van der Waals surface area contributed by atoms with E-state index < -0.39 is 0 Å². The van der Waals surface area contributed by atoms with Crippen LogP contribution >= 0.6 is 23.1 Å². The topological polar surface area (TPSA) is 54.9 Å². The van der Waals surface area contributed by atoms with Crippen molar-refractivity contribution in [3.8, 4) is 11.4 Å². The second-order valence-corrected chi connectivity index (χ2v) is 8.00. The molecule has 28 heavy (non-hydrogen) atoms. The van der Waals surface area contributed by atoms with E-state index >= 15 is 0 Å². The summed E-state index contributed by atoms with van der Waals surface area (Å²) in [5.41, 5.74) is 2.50. The Morgan fingerprint density at radius 1 is 0.893 bits per heavy atom. The van der Waals surface area contributed by atoms with Gasteiger partial charge in [0.25, 0.3) is 0 Å². The number of carbonyl (C=O) groups is 1. The Kier molecular flexibility index (Phi) is 5.80. The van der Waals surface area contributed by atoms with Gasteiger partial charge in [-0.2, -0.15) is 0 Å². The van der Waals surface area contributed by atoms with Crippen molar-refractivity contribution in [2.24, 2.45) is 0 Å². The van der Waals surface area contributed by atoms with Crippen LogP contribution in [0.4, 0.5) is 5.13 Å². The van der Waals surface area contributed by atoms with Crippen LogP contribution in [0.15, 0.2) is 95.3 Å². The molecule has 0 spiro atoms. The summed E-state index contributed by atoms with van der Waals surface area (Å²) in [5.74, 6) is -0.0954. The lowest BCUT2D eigenvalue weighted by Crippen LogP contribution is -2.18. The van der Waals surface area contributed by atoms with Gasteiger partial charge in [-0.05, 0) is 29.8 Å². The Morgan fingerprint density at radius 2 is 1.61 bits per heavy atom. The number of carbonyl (C=O) groups excluding carboxylic acids is 1. The van der Waals surface area contributed by atoms with E-state index in [0.29, 0.717) is 5.13 Å². The highest BCUT2D eigenvalue weighted by Gasteiger charge is 2.23. The maximum Gasteiger partial charge on any atom is 0.244 e. The van der Waals surface area contributed by atoms with Gasteiger partial charge in [0, 0.05) is 16.5 Å². The van der Waals surface area contributed by atoms with E-state index in [1.54, 1.807) is 6.20 Å². The highest BCUT2D eigenvalue weighted by molar-refractivity contribution is 8.00. The molecule has 0 aliphatic rings. The molecule has 1 unspecified atom stereocenters. The summed E-state index contributed by atoms with van der Waals surface area (Å²) in [6, 6.07) is 25.4. The first kappa shape index (κ1) is 18.4. The van der Waals surface area contributed by atoms with E-state index in [1.807, 2.05) is 84.2 Å². The normalized spacial score (nSPS) is 11.7. The lowest BCUT2D eigenvalue weighted by Gasteiger charge is -2.16. The fourth-order valence-electron chi connectivity index (χ4n) is 2.67. The van der Waals surface area contributed by atoms with Crippen LogP contribution in [0.3, 0.4) is 0 Å². The van der Waals surface area contributed by atoms with Gasteiger partial charge in [-0.1, -0.05) is 54.6 Å². The molecule has 0 aliphatic heterocycles. The lowest BCUT2D eigenvalue weighted by molar-refractivity contribution is -0.115. The van der Waals surface area contributed by atoms with Crippen molar-refractivity contribution in [1.82, 2.24) is 9.97 Å². The molecular weight excluding hydrogens is 386 g/mol. The highest BCUT2D eigenvalue weighted by Crippen LogP contribution is 2.36. The summed E-state index contributed by atoms with van der Waals surface area (Å²) in [7, 11) is 0. The van der Waals surface area contributed by atoms with Gasteiger partial charge in [0.1, 0.15) is 10.9 Å². The number of thioether (sulfide) groups is 1. The zero-order chi connectivity index (χ0) is 19.2. The van der Waals surface area contributed by atoms with Crippen LogP contribution in [0.25, 0.3) is 11.4 Å². The van der Waals surface area contributed by atoms with Gasteiger partial charge < -0.3 is 5.32 Å². The van der Waals surface area contributed by atoms with Crippen molar-refractivity contribution in [3.05, 3.63) is 96.0 Å². The molecule has 4 rings (SSSR count). The minimum atomic E-state index is -0.370. The van der Waals surface area contributed by atoms with Crippen LogP contribution in [0.2, 0.25) is 0 Å². The standard InChI is InChI=1S/C22H17N3OS2/c26-21(25-22-24-19(15-27-22)18-13-7-8-14-23-18)20(16-9-3-1-4-10-16)28-17-11-5-2-6-12-17/h1-15,20H,(H,24,25,26). The van der Waals surface area contributed by atoms with E-state index in [0.717, 1.165) is 21.8 Å². The molecule has 2 aromatic heterocycles. The summed E-state index contributed by atoms with van der Waals surface area (Å²) in [5, 5.41) is 5.07. The molecule has 0 radical (unpaired) electrons. The number of aromatic nitrogens is 2. The van der Waals surface area contributed by atoms with Gasteiger partial charge >= 0.3 is 0 Å². The Morgan fingerprint density at radius 3 is 2.32 bits per heavy atom. The first-order valence-electron chi connectivity index (χ1n) is 8.74. The van der Waals surface area contributed by atoms with Crippen molar-refractivity contribution in [3.63, 3.8) is 0 Å². The van der Waals surface area contributed by atoms with Crippen molar-refractivity contribution in [2.45, 2.75) is 10.1 Å². The number of benzene rings is 2. The number of hydrogen-bond donors (Lipinski definition) is 1. The molecule has 0 aliphatic carbocycles. The van der Waals surface area contributed by atoms with Gasteiger partial charge in [0.15, 0.2) is 5.13 Å². The minimum absolute atomic E-state index is 0.0954. The summed E-state index contributed by atoms with van der Waals surface area (Å²) in [6.45, 7) is 0. The zero-order valence-electron chi connectivity index (χ0n) is 14.9. The van der Waals surface area contributed by atoms with Gasteiger partial charge in [0.05, 0.1) is 5.69 Å². The molecule has 0 saturated carbocycles. The zero-order valence-corrected chi connectivity index (χ0v) is 16.5.